The molecule has 22 heavy (non-hydrogen) atoms. The predicted molar refractivity (Wildman–Crippen MR) is 84.8 cm³/mol. The third-order valence-corrected chi connectivity index (χ3v) is 3.71. The lowest BCUT2D eigenvalue weighted by molar-refractivity contribution is 0.178. The minimum Gasteiger partial charge on any atom is -0.378 e. The summed E-state index contributed by atoms with van der Waals surface area (Å²) in [7, 11) is 3.44. The van der Waals surface area contributed by atoms with E-state index in [1.165, 1.54) is 0 Å². The maximum absolute atomic E-state index is 14.6. The Balaban J connectivity index is 2.03. The highest BCUT2D eigenvalue weighted by atomic mass is 19.1. The number of methoxy groups -OCH3 is 1. The lowest BCUT2D eigenvalue weighted by Crippen LogP contribution is -2.01. The molecule has 0 bridgehead atoms. The summed E-state index contributed by atoms with van der Waals surface area (Å²) >= 11 is 0. The average molecular weight is 296 g/mol. The molecule has 0 amide bonds. The van der Waals surface area contributed by atoms with Gasteiger partial charge in [-0.3, -0.25) is 4.68 Å². The second kappa shape index (κ2) is 6.12. The van der Waals surface area contributed by atoms with Gasteiger partial charge in [-0.25, -0.2) is 4.39 Å². The van der Waals surface area contributed by atoms with Crippen LogP contribution in [0.2, 0.25) is 0 Å². The Bertz CT molecular complexity index is 781. The summed E-state index contributed by atoms with van der Waals surface area (Å²) in [5, 5.41) is 4.20. The third-order valence-electron chi connectivity index (χ3n) is 3.71. The van der Waals surface area contributed by atoms with Crippen molar-refractivity contribution in [2.24, 2.45) is 7.05 Å². The minimum absolute atomic E-state index is 0.258. The van der Waals surface area contributed by atoms with Crippen molar-refractivity contribution in [1.82, 2.24) is 9.78 Å². The van der Waals surface area contributed by atoms with Gasteiger partial charge < -0.3 is 4.74 Å². The highest BCUT2D eigenvalue weighted by molar-refractivity contribution is 5.72. The highest BCUT2D eigenvalue weighted by Gasteiger charge is 2.14. The van der Waals surface area contributed by atoms with E-state index in [0.29, 0.717) is 12.2 Å². The second-order valence-electron chi connectivity index (χ2n) is 5.12. The monoisotopic (exact) mass is 296 g/mol. The molecule has 1 aromatic heterocycles. The van der Waals surface area contributed by atoms with E-state index in [0.717, 1.165) is 22.4 Å². The molecule has 0 saturated carbocycles. The number of benzene rings is 2. The molecule has 0 saturated heterocycles. The molecule has 0 radical (unpaired) electrons. The van der Waals surface area contributed by atoms with Gasteiger partial charge in [-0.05, 0) is 17.2 Å². The molecular weight excluding hydrogens is 279 g/mol. The largest absolute Gasteiger partial charge is 0.378 e. The van der Waals surface area contributed by atoms with Crippen LogP contribution in [0.1, 0.15) is 5.69 Å². The molecule has 0 aliphatic heterocycles. The first-order chi connectivity index (χ1) is 10.7. The Morgan fingerprint density at radius 2 is 1.82 bits per heavy atom. The van der Waals surface area contributed by atoms with Crippen molar-refractivity contribution in [1.29, 1.82) is 0 Å². The Morgan fingerprint density at radius 1 is 1.05 bits per heavy atom. The molecule has 0 N–H and O–H groups in total. The number of hydrogen-bond acceptors (Lipinski definition) is 2. The number of halogens is 1. The minimum atomic E-state index is -0.258. The first-order valence-electron chi connectivity index (χ1n) is 7.06. The van der Waals surface area contributed by atoms with Gasteiger partial charge in [0.25, 0.3) is 0 Å². The Labute approximate surface area is 129 Å². The van der Waals surface area contributed by atoms with E-state index in [-0.39, 0.29) is 5.82 Å². The lowest BCUT2D eigenvalue weighted by atomic mass is 10.00. The molecule has 3 aromatic rings. The number of ether oxygens (including phenoxy) is 1. The number of nitrogens with zero attached hydrogens (tertiary/aromatic N) is 2. The fourth-order valence-corrected chi connectivity index (χ4v) is 2.54. The van der Waals surface area contributed by atoms with Crippen molar-refractivity contribution in [2.75, 3.05) is 7.11 Å². The summed E-state index contributed by atoms with van der Waals surface area (Å²) in [5.74, 6) is -0.258. The zero-order chi connectivity index (χ0) is 15.5. The van der Waals surface area contributed by atoms with E-state index in [1.54, 1.807) is 30.1 Å². The van der Waals surface area contributed by atoms with Crippen molar-refractivity contribution in [3.63, 3.8) is 0 Å². The fraction of sp³-hybridized carbons (Fsp3) is 0.167. The SMILES string of the molecule is COCc1c(-c2ccc(-c3ccccc3)cc2F)cnn1C. The molecule has 4 heteroatoms. The zero-order valence-corrected chi connectivity index (χ0v) is 12.6. The number of aromatic nitrogens is 2. The molecule has 1 heterocycles. The Morgan fingerprint density at radius 3 is 2.50 bits per heavy atom. The van der Waals surface area contributed by atoms with Gasteiger partial charge in [0.2, 0.25) is 0 Å². The Hall–Kier alpha value is -2.46. The van der Waals surface area contributed by atoms with Crippen molar-refractivity contribution in [2.45, 2.75) is 6.61 Å². The van der Waals surface area contributed by atoms with E-state index >= 15 is 0 Å². The molecule has 2 aromatic carbocycles. The summed E-state index contributed by atoms with van der Waals surface area (Å²) < 4.78 is 21.5. The molecule has 3 nitrogen and oxygen atoms in total. The van der Waals surface area contributed by atoms with Crippen LogP contribution in [0.4, 0.5) is 4.39 Å². The van der Waals surface area contributed by atoms with Crippen molar-refractivity contribution in [3.05, 3.63) is 66.2 Å². The van der Waals surface area contributed by atoms with Crippen molar-refractivity contribution in [3.8, 4) is 22.3 Å². The maximum atomic E-state index is 14.6. The summed E-state index contributed by atoms with van der Waals surface area (Å²) in [6.45, 7) is 0.395. The van der Waals surface area contributed by atoms with Crippen LogP contribution in [0.5, 0.6) is 0 Å². The second-order valence-corrected chi connectivity index (χ2v) is 5.12. The molecular formula is C18H17FN2O. The highest BCUT2D eigenvalue weighted by Crippen LogP contribution is 2.30. The molecule has 0 aliphatic rings. The average Bonchev–Trinajstić information content (AvgIpc) is 2.90. The summed E-state index contributed by atoms with van der Waals surface area (Å²) in [4.78, 5) is 0. The third kappa shape index (κ3) is 2.65. The van der Waals surface area contributed by atoms with Crippen LogP contribution in [0.3, 0.4) is 0 Å². The van der Waals surface area contributed by atoms with E-state index < -0.39 is 0 Å². The quantitative estimate of drug-likeness (QED) is 0.726. The maximum Gasteiger partial charge on any atom is 0.131 e. The van der Waals surface area contributed by atoms with Crippen LogP contribution in [0.25, 0.3) is 22.3 Å². The van der Waals surface area contributed by atoms with E-state index in [4.69, 9.17) is 4.74 Å². The zero-order valence-electron chi connectivity index (χ0n) is 12.6. The van der Waals surface area contributed by atoms with Gasteiger partial charge in [0, 0.05) is 25.3 Å². The molecule has 0 atom stereocenters. The summed E-state index contributed by atoms with van der Waals surface area (Å²) in [6.07, 6.45) is 1.68. The molecule has 112 valence electrons. The summed E-state index contributed by atoms with van der Waals surface area (Å²) in [5.41, 5.74) is 4.02. The van der Waals surface area contributed by atoms with Crippen LogP contribution in [-0.2, 0) is 18.4 Å². The lowest BCUT2D eigenvalue weighted by Gasteiger charge is -2.08. The van der Waals surface area contributed by atoms with Gasteiger partial charge in [0.15, 0.2) is 0 Å². The number of hydrogen-bond donors (Lipinski definition) is 0. The van der Waals surface area contributed by atoms with Gasteiger partial charge in [-0.15, -0.1) is 0 Å². The predicted octanol–water partition coefficient (Wildman–Crippen LogP) is 4.04. The van der Waals surface area contributed by atoms with E-state index in [9.17, 15) is 4.39 Å². The van der Waals surface area contributed by atoms with Crippen LogP contribution in [-0.4, -0.2) is 16.9 Å². The topological polar surface area (TPSA) is 27.1 Å². The van der Waals surface area contributed by atoms with E-state index in [1.807, 2.05) is 43.4 Å². The van der Waals surface area contributed by atoms with Crippen LogP contribution >= 0.6 is 0 Å². The van der Waals surface area contributed by atoms with Gasteiger partial charge >= 0.3 is 0 Å². The molecule has 0 unspecified atom stereocenters. The fourth-order valence-electron chi connectivity index (χ4n) is 2.54. The summed E-state index contributed by atoms with van der Waals surface area (Å²) in [6, 6.07) is 15.1. The smallest absolute Gasteiger partial charge is 0.131 e. The molecule has 0 aliphatic carbocycles. The van der Waals surface area contributed by atoms with Crippen LogP contribution in [0.15, 0.2) is 54.7 Å². The molecule has 0 fully saturated rings. The van der Waals surface area contributed by atoms with Crippen molar-refractivity contribution < 1.29 is 9.13 Å². The van der Waals surface area contributed by atoms with Crippen LogP contribution < -0.4 is 0 Å². The van der Waals surface area contributed by atoms with Crippen LogP contribution in [0, 0.1) is 5.82 Å². The van der Waals surface area contributed by atoms with E-state index in [2.05, 4.69) is 5.10 Å². The molecule has 3 rings (SSSR count). The van der Waals surface area contributed by atoms with Gasteiger partial charge in [0.1, 0.15) is 5.82 Å². The van der Waals surface area contributed by atoms with Gasteiger partial charge in [0.05, 0.1) is 18.5 Å². The van der Waals surface area contributed by atoms with Gasteiger partial charge in [-0.2, -0.15) is 5.10 Å². The van der Waals surface area contributed by atoms with Crippen molar-refractivity contribution >= 4 is 0 Å². The van der Waals surface area contributed by atoms with Gasteiger partial charge in [-0.1, -0.05) is 42.5 Å². The normalized spacial score (nSPS) is 10.9. The number of rotatable bonds is 4. The first-order valence-corrected chi connectivity index (χ1v) is 7.06. The first kappa shape index (κ1) is 14.5. The number of aryl methyl sites for hydroxylation is 1. The standard InChI is InChI=1S/C18H17FN2O/c1-21-18(12-22-2)16(11-20-21)15-9-8-14(10-17(15)19)13-6-4-3-5-7-13/h3-11H,12H2,1-2H3. The Kier molecular flexibility index (Phi) is 4.02. The molecule has 0 spiro atoms.